The summed E-state index contributed by atoms with van der Waals surface area (Å²) in [5, 5.41) is 0. The van der Waals surface area contributed by atoms with Gasteiger partial charge in [-0.1, -0.05) is 24.3 Å². The van der Waals surface area contributed by atoms with Crippen molar-refractivity contribution in [3.8, 4) is 0 Å². The Kier molecular flexibility index (Phi) is 3.23. The predicted molar refractivity (Wildman–Crippen MR) is 56.4 cm³/mol. The molecule has 0 heterocycles. The first-order valence-corrected chi connectivity index (χ1v) is 4.80. The number of hydrogen-bond donors (Lipinski definition) is 1. The second-order valence-electron chi connectivity index (χ2n) is 2.78. The van der Waals surface area contributed by atoms with Crippen molar-refractivity contribution >= 4 is 17.4 Å². The maximum atomic E-state index is 5.76. The molecule has 0 saturated heterocycles. The highest BCUT2D eigenvalue weighted by Gasteiger charge is 1.97. The summed E-state index contributed by atoms with van der Waals surface area (Å²) >= 11 is 1.73. The molecule has 1 rings (SSSR count). The molecule has 0 aliphatic heterocycles. The first kappa shape index (κ1) is 9.20. The van der Waals surface area contributed by atoms with E-state index in [2.05, 4.69) is 6.58 Å². The summed E-state index contributed by atoms with van der Waals surface area (Å²) in [6.45, 7) is 5.86. The molecule has 0 aliphatic carbocycles. The topological polar surface area (TPSA) is 26.0 Å². The Morgan fingerprint density at radius 2 is 2.17 bits per heavy atom. The number of thioether (sulfide) groups is 1. The van der Waals surface area contributed by atoms with Gasteiger partial charge in [-0.3, -0.25) is 0 Å². The van der Waals surface area contributed by atoms with Gasteiger partial charge in [0.15, 0.2) is 0 Å². The number of benzene rings is 1. The molecule has 0 amide bonds. The number of hydrogen-bond acceptors (Lipinski definition) is 2. The molecule has 0 radical (unpaired) electrons. The fraction of sp³-hybridized carbons (Fsp3) is 0.200. The van der Waals surface area contributed by atoms with Crippen molar-refractivity contribution in [2.45, 2.75) is 11.8 Å². The summed E-state index contributed by atoms with van der Waals surface area (Å²) in [4.78, 5) is 1.14. The minimum absolute atomic E-state index is 0.851. The molecule has 2 N–H and O–H groups in total. The average molecular weight is 179 g/mol. The van der Waals surface area contributed by atoms with E-state index in [1.165, 1.54) is 5.57 Å². The molecule has 1 aromatic carbocycles. The van der Waals surface area contributed by atoms with E-state index in [1.54, 1.807) is 11.8 Å². The van der Waals surface area contributed by atoms with Crippen molar-refractivity contribution in [2.75, 3.05) is 11.5 Å². The Morgan fingerprint density at radius 3 is 2.75 bits per heavy atom. The Balaban J connectivity index is 2.63. The highest BCUT2D eigenvalue weighted by atomic mass is 32.2. The third-order valence-electron chi connectivity index (χ3n) is 1.39. The molecule has 0 aliphatic rings. The van der Waals surface area contributed by atoms with E-state index in [9.17, 15) is 0 Å². The highest BCUT2D eigenvalue weighted by molar-refractivity contribution is 7.99. The standard InChI is InChI=1S/C10H13NS/c1-8(2)7-12-10-6-4-3-5-9(10)11/h3-6H,1,7,11H2,2H3. The first-order chi connectivity index (χ1) is 5.70. The van der Waals surface area contributed by atoms with Crippen molar-refractivity contribution in [3.05, 3.63) is 36.4 Å². The van der Waals surface area contributed by atoms with Gasteiger partial charge in [0.2, 0.25) is 0 Å². The Labute approximate surface area is 77.7 Å². The normalized spacial score (nSPS) is 9.75. The predicted octanol–water partition coefficient (Wildman–Crippen LogP) is 2.94. The minimum Gasteiger partial charge on any atom is -0.398 e. The van der Waals surface area contributed by atoms with Crippen molar-refractivity contribution in [2.24, 2.45) is 0 Å². The van der Waals surface area contributed by atoms with Gasteiger partial charge in [0.05, 0.1) is 0 Å². The highest BCUT2D eigenvalue weighted by Crippen LogP contribution is 2.25. The molecule has 0 atom stereocenters. The van der Waals surface area contributed by atoms with E-state index in [0.717, 1.165) is 16.3 Å². The van der Waals surface area contributed by atoms with Crippen LogP contribution in [0.15, 0.2) is 41.3 Å². The van der Waals surface area contributed by atoms with Crippen LogP contribution in [0.25, 0.3) is 0 Å². The number of nitrogens with two attached hydrogens (primary N) is 1. The number of para-hydroxylation sites is 1. The zero-order valence-electron chi connectivity index (χ0n) is 7.21. The maximum Gasteiger partial charge on any atom is 0.0452 e. The summed E-state index contributed by atoms with van der Waals surface area (Å²) < 4.78 is 0. The lowest BCUT2D eigenvalue weighted by Crippen LogP contribution is -1.88. The molecule has 12 heavy (non-hydrogen) atoms. The quantitative estimate of drug-likeness (QED) is 0.438. The molecular weight excluding hydrogens is 166 g/mol. The second-order valence-corrected chi connectivity index (χ2v) is 3.80. The van der Waals surface area contributed by atoms with Crippen molar-refractivity contribution in [3.63, 3.8) is 0 Å². The molecular formula is C10H13NS. The van der Waals surface area contributed by atoms with E-state index in [4.69, 9.17) is 5.73 Å². The summed E-state index contributed by atoms with van der Waals surface area (Å²) in [5.74, 6) is 0.939. The molecule has 0 aromatic heterocycles. The van der Waals surface area contributed by atoms with E-state index < -0.39 is 0 Å². The fourth-order valence-corrected chi connectivity index (χ4v) is 1.62. The van der Waals surface area contributed by atoms with Crippen LogP contribution < -0.4 is 5.73 Å². The van der Waals surface area contributed by atoms with Gasteiger partial charge in [-0.2, -0.15) is 0 Å². The van der Waals surface area contributed by atoms with Crippen LogP contribution in [0.3, 0.4) is 0 Å². The smallest absolute Gasteiger partial charge is 0.0452 e. The van der Waals surface area contributed by atoms with Crippen LogP contribution in [0.1, 0.15) is 6.92 Å². The van der Waals surface area contributed by atoms with Gasteiger partial charge in [-0.05, 0) is 19.1 Å². The Morgan fingerprint density at radius 1 is 1.50 bits per heavy atom. The molecule has 64 valence electrons. The third kappa shape index (κ3) is 2.62. The summed E-state index contributed by atoms with van der Waals surface area (Å²) in [7, 11) is 0. The van der Waals surface area contributed by atoms with Gasteiger partial charge < -0.3 is 5.73 Å². The molecule has 1 nitrogen and oxygen atoms in total. The first-order valence-electron chi connectivity index (χ1n) is 3.82. The molecule has 0 saturated carbocycles. The van der Waals surface area contributed by atoms with E-state index in [1.807, 2.05) is 31.2 Å². The summed E-state index contributed by atoms with van der Waals surface area (Å²) in [5.41, 5.74) is 7.78. The minimum atomic E-state index is 0.851. The summed E-state index contributed by atoms with van der Waals surface area (Å²) in [6.07, 6.45) is 0. The number of anilines is 1. The van der Waals surface area contributed by atoms with E-state index in [-0.39, 0.29) is 0 Å². The van der Waals surface area contributed by atoms with Crippen LogP contribution in [0, 0.1) is 0 Å². The molecule has 0 spiro atoms. The summed E-state index contributed by atoms with van der Waals surface area (Å²) in [6, 6.07) is 7.89. The van der Waals surface area contributed by atoms with Crippen LogP contribution in [0.5, 0.6) is 0 Å². The van der Waals surface area contributed by atoms with E-state index >= 15 is 0 Å². The van der Waals surface area contributed by atoms with Gasteiger partial charge >= 0.3 is 0 Å². The monoisotopic (exact) mass is 179 g/mol. The Bertz CT molecular complexity index is 281. The number of rotatable bonds is 3. The van der Waals surface area contributed by atoms with Crippen LogP contribution in [0.4, 0.5) is 5.69 Å². The Hall–Kier alpha value is -0.890. The third-order valence-corrected chi connectivity index (χ3v) is 2.71. The lowest BCUT2D eigenvalue weighted by atomic mass is 10.3. The van der Waals surface area contributed by atoms with Crippen LogP contribution >= 0.6 is 11.8 Å². The van der Waals surface area contributed by atoms with Gasteiger partial charge in [-0.15, -0.1) is 11.8 Å². The molecule has 0 bridgehead atoms. The van der Waals surface area contributed by atoms with Gasteiger partial charge in [0.25, 0.3) is 0 Å². The SMILES string of the molecule is C=C(C)CSc1ccccc1N. The van der Waals surface area contributed by atoms with Crippen molar-refractivity contribution < 1.29 is 0 Å². The van der Waals surface area contributed by atoms with Crippen molar-refractivity contribution in [1.29, 1.82) is 0 Å². The van der Waals surface area contributed by atoms with Gasteiger partial charge in [-0.25, -0.2) is 0 Å². The lowest BCUT2D eigenvalue weighted by molar-refractivity contribution is 1.40. The molecule has 2 heteroatoms. The molecule has 0 unspecified atom stereocenters. The zero-order chi connectivity index (χ0) is 8.97. The fourth-order valence-electron chi connectivity index (χ4n) is 0.813. The second kappa shape index (κ2) is 4.21. The molecule has 0 fully saturated rings. The van der Waals surface area contributed by atoms with Gasteiger partial charge in [0.1, 0.15) is 0 Å². The van der Waals surface area contributed by atoms with Gasteiger partial charge in [0, 0.05) is 16.3 Å². The van der Waals surface area contributed by atoms with Crippen molar-refractivity contribution in [1.82, 2.24) is 0 Å². The van der Waals surface area contributed by atoms with Crippen LogP contribution in [0.2, 0.25) is 0 Å². The number of nitrogen functional groups attached to an aromatic ring is 1. The van der Waals surface area contributed by atoms with E-state index in [0.29, 0.717) is 0 Å². The van der Waals surface area contributed by atoms with Crippen LogP contribution in [-0.4, -0.2) is 5.75 Å². The maximum absolute atomic E-state index is 5.76. The zero-order valence-corrected chi connectivity index (χ0v) is 8.03. The average Bonchev–Trinajstić information content (AvgIpc) is 2.03. The molecule has 1 aromatic rings. The van der Waals surface area contributed by atoms with Crippen LogP contribution in [-0.2, 0) is 0 Å². The lowest BCUT2D eigenvalue weighted by Gasteiger charge is -2.03. The largest absolute Gasteiger partial charge is 0.398 e.